The molecular formula is C29H27N5O2. The SMILES string of the molecule is CCCCn1nc(C(=O)N/N=C/c2c(-c3ccccc3)n(C)c3ccccc23)c2ccccc2c1=O. The first kappa shape index (κ1) is 23.2. The van der Waals surface area contributed by atoms with Gasteiger partial charge in [0.05, 0.1) is 17.3 Å². The summed E-state index contributed by atoms with van der Waals surface area (Å²) in [6, 6.07) is 25.2. The van der Waals surface area contributed by atoms with E-state index in [1.807, 2.05) is 50.4 Å². The van der Waals surface area contributed by atoms with Crippen molar-refractivity contribution in [3.8, 4) is 11.3 Å². The van der Waals surface area contributed by atoms with E-state index in [4.69, 9.17) is 0 Å². The molecule has 1 N–H and O–H groups in total. The van der Waals surface area contributed by atoms with Gasteiger partial charge in [0.1, 0.15) is 0 Å². The van der Waals surface area contributed by atoms with Crippen LogP contribution in [0.2, 0.25) is 0 Å². The van der Waals surface area contributed by atoms with Crippen molar-refractivity contribution in [2.75, 3.05) is 0 Å². The van der Waals surface area contributed by atoms with Gasteiger partial charge in [0.15, 0.2) is 5.69 Å². The second-order valence-corrected chi connectivity index (χ2v) is 8.68. The standard InChI is InChI=1S/C29H27N5O2/c1-3-4-18-34-29(36)23-16-9-8-15-22(23)26(32-34)28(35)31-30-19-24-21-14-10-11-17-25(21)33(2)27(24)20-12-6-5-7-13-20/h5-17,19H,3-4,18H2,1-2H3,(H,31,35)/b30-19+. The van der Waals surface area contributed by atoms with Gasteiger partial charge in [-0.15, -0.1) is 0 Å². The molecule has 0 aliphatic heterocycles. The van der Waals surface area contributed by atoms with E-state index in [1.54, 1.807) is 30.5 Å². The topological polar surface area (TPSA) is 81.3 Å². The molecule has 5 rings (SSSR count). The Morgan fingerprint density at radius 2 is 1.61 bits per heavy atom. The second-order valence-electron chi connectivity index (χ2n) is 8.68. The Morgan fingerprint density at radius 1 is 0.944 bits per heavy atom. The molecule has 2 heterocycles. The van der Waals surface area contributed by atoms with Crippen molar-refractivity contribution in [2.45, 2.75) is 26.3 Å². The third kappa shape index (κ3) is 4.20. The average Bonchev–Trinajstić information content (AvgIpc) is 3.20. The summed E-state index contributed by atoms with van der Waals surface area (Å²) in [5.41, 5.74) is 6.66. The van der Waals surface area contributed by atoms with Crippen LogP contribution >= 0.6 is 0 Å². The summed E-state index contributed by atoms with van der Waals surface area (Å²) in [5, 5.41) is 10.7. The summed E-state index contributed by atoms with van der Waals surface area (Å²) in [7, 11) is 2.02. The molecule has 0 unspecified atom stereocenters. The van der Waals surface area contributed by atoms with Crippen LogP contribution in [0, 0.1) is 0 Å². The highest BCUT2D eigenvalue weighted by molar-refractivity contribution is 6.08. The first-order valence-electron chi connectivity index (χ1n) is 12.1. The van der Waals surface area contributed by atoms with Crippen LogP contribution in [0.15, 0.2) is 88.8 Å². The molecule has 0 atom stereocenters. The fourth-order valence-corrected chi connectivity index (χ4v) is 4.57. The van der Waals surface area contributed by atoms with Gasteiger partial charge in [0.25, 0.3) is 11.5 Å². The second kappa shape index (κ2) is 10.00. The highest BCUT2D eigenvalue weighted by Gasteiger charge is 2.18. The number of amides is 1. The number of aromatic nitrogens is 3. The maximum Gasteiger partial charge on any atom is 0.292 e. The van der Waals surface area contributed by atoms with Crippen LogP contribution in [0.1, 0.15) is 35.8 Å². The van der Waals surface area contributed by atoms with Crippen molar-refractivity contribution in [3.63, 3.8) is 0 Å². The van der Waals surface area contributed by atoms with Crippen molar-refractivity contribution in [3.05, 3.63) is 100 Å². The van der Waals surface area contributed by atoms with E-state index >= 15 is 0 Å². The van der Waals surface area contributed by atoms with Crippen LogP contribution in [0.4, 0.5) is 0 Å². The summed E-state index contributed by atoms with van der Waals surface area (Å²) >= 11 is 0. The fraction of sp³-hybridized carbons (Fsp3) is 0.172. The number of fused-ring (bicyclic) bond motifs is 2. The van der Waals surface area contributed by atoms with Crippen LogP contribution in [0.25, 0.3) is 32.9 Å². The van der Waals surface area contributed by atoms with E-state index < -0.39 is 5.91 Å². The van der Waals surface area contributed by atoms with Crippen LogP contribution in [0.5, 0.6) is 0 Å². The molecule has 5 aromatic rings. The molecule has 0 spiro atoms. The van der Waals surface area contributed by atoms with Crippen molar-refractivity contribution >= 4 is 33.8 Å². The lowest BCUT2D eigenvalue weighted by atomic mass is 10.1. The molecule has 0 aliphatic rings. The van der Waals surface area contributed by atoms with E-state index in [0.717, 1.165) is 40.6 Å². The Hall–Kier alpha value is -4.52. The molecule has 180 valence electrons. The Labute approximate surface area is 208 Å². The molecule has 3 aromatic carbocycles. The van der Waals surface area contributed by atoms with Gasteiger partial charge < -0.3 is 4.57 Å². The number of rotatable bonds is 7. The number of aryl methyl sites for hydroxylation is 2. The van der Waals surface area contributed by atoms with Crippen molar-refractivity contribution in [2.24, 2.45) is 12.1 Å². The van der Waals surface area contributed by atoms with Gasteiger partial charge in [-0.2, -0.15) is 10.2 Å². The zero-order valence-electron chi connectivity index (χ0n) is 20.3. The minimum absolute atomic E-state index is 0.180. The first-order chi connectivity index (χ1) is 17.6. The molecule has 7 heteroatoms. The van der Waals surface area contributed by atoms with Gasteiger partial charge in [-0.3, -0.25) is 9.59 Å². The number of benzene rings is 3. The van der Waals surface area contributed by atoms with E-state index in [0.29, 0.717) is 17.3 Å². The van der Waals surface area contributed by atoms with Gasteiger partial charge in [0.2, 0.25) is 0 Å². The number of unbranched alkanes of at least 4 members (excludes halogenated alkanes) is 1. The van der Waals surface area contributed by atoms with E-state index in [1.165, 1.54) is 4.68 Å². The number of nitrogens with one attached hydrogen (secondary N) is 1. The molecule has 0 fully saturated rings. The number of carbonyl (C=O) groups is 1. The molecule has 1 amide bonds. The normalized spacial score (nSPS) is 11.5. The van der Waals surface area contributed by atoms with Gasteiger partial charge >= 0.3 is 0 Å². The summed E-state index contributed by atoms with van der Waals surface area (Å²) in [6.45, 7) is 2.51. The van der Waals surface area contributed by atoms with Gasteiger partial charge in [-0.1, -0.05) is 80.1 Å². The predicted octanol–water partition coefficient (Wildman–Crippen LogP) is 5.12. The average molecular weight is 478 g/mol. The van der Waals surface area contributed by atoms with Crippen LogP contribution in [0.3, 0.4) is 0 Å². The molecule has 0 saturated heterocycles. The molecule has 0 radical (unpaired) electrons. The third-order valence-electron chi connectivity index (χ3n) is 6.36. The van der Waals surface area contributed by atoms with Crippen molar-refractivity contribution < 1.29 is 4.79 Å². The van der Waals surface area contributed by atoms with Crippen LogP contribution in [-0.2, 0) is 13.6 Å². The monoisotopic (exact) mass is 477 g/mol. The number of carbonyl (C=O) groups excluding carboxylic acids is 1. The smallest absolute Gasteiger partial charge is 0.292 e. The lowest BCUT2D eigenvalue weighted by Gasteiger charge is -2.10. The Kier molecular flexibility index (Phi) is 6.45. The summed E-state index contributed by atoms with van der Waals surface area (Å²) < 4.78 is 3.51. The van der Waals surface area contributed by atoms with E-state index in [-0.39, 0.29) is 11.3 Å². The number of hydrogen-bond acceptors (Lipinski definition) is 4. The first-order valence-corrected chi connectivity index (χ1v) is 12.1. The van der Waals surface area contributed by atoms with Gasteiger partial charge in [-0.05, 0) is 24.1 Å². The Balaban J connectivity index is 1.53. The molecule has 0 saturated carbocycles. The number of hydrazone groups is 1. The van der Waals surface area contributed by atoms with Gasteiger partial charge in [-0.25, -0.2) is 10.1 Å². The molecule has 0 bridgehead atoms. The largest absolute Gasteiger partial charge is 0.343 e. The highest BCUT2D eigenvalue weighted by atomic mass is 16.2. The Bertz CT molecular complexity index is 1650. The number of nitrogens with zero attached hydrogens (tertiary/aromatic N) is 4. The van der Waals surface area contributed by atoms with E-state index in [2.05, 4.69) is 38.4 Å². The van der Waals surface area contributed by atoms with Crippen LogP contribution in [-0.4, -0.2) is 26.5 Å². The zero-order valence-corrected chi connectivity index (χ0v) is 20.3. The molecule has 36 heavy (non-hydrogen) atoms. The Morgan fingerprint density at radius 3 is 2.36 bits per heavy atom. The molecular weight excluding hydrogens is 450 g/mol. The number of hydrogen-bond donors (Lipinski definition) is 1. The fourth-order valence-electron chi connectivity index (χ4n) is 4.57. The minimum Gasteiger partial charge on any atom is -0.343 e. The van der Waals surface area contributed by atoms with Gasteiger partial charge in [0, 0.05) is 35.4 Å². The molecule has 0 aliphatic carbocycles. The lowest BCUT2D eigenvalue weighted by molar-refractivity contribution is 0.0949. The van der Waals surface area contributed by atoms with E-state index in [9.17, 15) is 9.59 Å². The summed E-state index contributed by atoms with van der Waals surface area (Å²) in [6.07, 6.45) is 3.40. The molecule has 2 aromatic heterocycles. The zero-order chi connectivity index (χ0) is 25.1. The predicted molar refractivity (Wildman–Crippen MR) is 144 cm³/mol. The highest BCUT2D eigenvalue weighted by Crippen LogP contribution is 2.31. The minimum atomic E-state index is -0.464. The van der Waals surface area contributed by atoms with Crippen molar-refractivity contribution in [1.29, 1.82) is 0 Å². The summed E-state index contributed by atoms with van der Waals surface area (Å²) in [4.78, 5) is 26.0. The quantitative estimate of drug-likeness (QED) is 0.261. The van der Waals surface area contributed by atoms with Crippen LogP contribution < -0.4 is 11.0 Å². The maximum absolute atomic E-state index is 13.2. The molecule has 7 nitrogen and oxygen atoms in total. The maximum atomic E-state index is 13.2. The van der Waals surface area contributed by atoms with Crippen molar-refractivity contribution in [1.82, 2.24) is 19.8 Å². The summed E-state index contributed by atoms with van der Waals surface area (Å²) in [5.74, 6) is -0.464. The third-order valence-corrected chi connectivity index (χ3v) is 6.36. The lowest BCUT2D eigenvalue weighted by Crippen LogP contribution is -2.29. The number of para-hydroxylation sites is 1.